The van der Waals surface area contributed by atoms with Crippen molar-refractivity contribution in [3.8, 4) is 34.3 Å². The lowest BCUT2D eigenvalue weighted by Crippen LogP contribution is -2.20. The highest BCUT2D eigenvalue weighted by molar-refractivity contribution is 7.98. The van der Waals surface area contributed by atoms with Gasteiger partial charge in [0.25, 0.3) is 5.89 Å². The van der Waals surface area contributed by atoms with Gasteiger partial charge in [-0.25, -0.2) is 4.68 Å². The molecule has 0 saturated carbocycles. The van der Waals surface area contributed by atoms with Crippen LogP contribution in [0.2, 0.25) is 0 Å². The largest absolute Gasteiger partial charge is 0.493 e. The molecule has 4 aromatic rings. The highest BCUT2D eigenvalue weighted by Crippen LogP contribution is 2.35. The van der Waals surface area contributed by atoms with Crippen LogP contribution in [0.25, 0.3) is 22.8 Å². The second-order valence-electron chi connectivity index (χ2n) is 7.33. The number of hydrogen-bond donors (Lipinski definition) is 2. The molecular formula is C23H24N6O4S. The first-order chi connectivity index (χ1) is 16.4. The first-order valence-corrected chi connectivity index (χ1v) is 11.5. The number of amides is 1. The van der Waals surface area contributed by atoms with Crippen molar-refractivity contribution < 1.29 is 18.8 Å². The van der Waals surface area contributed by atoms with Crippen molar-refractivity contribution in [2.24, 2.45) is 0 Å². The third kappa shape index (κ3) is 4.69. The number of aryl methyl sites for hydroxylation is 1. The predicted molar refractivity (Wildman–Crippen MR) is 130 cm³/mol. The molecular weight excluding hydrogens is 456 g/mol. The van der Waals surface area contributed by atoms with Crippen LogP contribution < -0.4 is 20.5 Å². The Balaban J connectivity index is 1.55. The SMILES string of the molecule is COc1ccc(NC(=O)Cn2nc(SC)c(-c3nc(-c4ccc(C)cc4)no3)c2N)cc1OC. The number of benzene rings is 2. The number of nitrogen functional groups attached to an aromatic ring is 1. The Morgan fingerprint density at radius 2 is 1.88 bits per heavy atom. The van der Waals surface area contributed by atoms with Crippen molar-refractivity contribution in [3.63, 3.8) is 0 Å². The Kier molecular flexibility index (Phi) is 6.73. The standard InChI is InChI=1S/C23H24N6O4S/c1-13-5-7-14(8-6-13)21-26-22(33-28-21)19-20(24)29(27-23(19)34-4)12-18(30)25-15-9-10-16(31-2)17(11-15)32-3/h5-11H,12,24H2,1-4H3,(H,25,30). The van der Waals surface area contributed by atoms with Crippen molar-refractivity contribution in [2.45, 2.75) is 18.5 Å². The van der Waals surface area contributed by atoms with Gasteiger partial charge in [0.1, 0.15) is 23.0 Å². The van der Waals surface area contributed by atoms with E-state index in [1.165, 1.54) is 23.6 Å². The second-order valence-corrected chi connectivity index (χ2v) is 8.13. The molecule has 11 heteroatoms. The van der Waals surface area contributed by atoms with Crippen LogP contribution in [0.3, 0.4) is 0 Å². The highest BCUT2D eigenvalue weighted by atomic mass is 32.2. The summed E-state index contributed by atoms with van der Waals surface area (Å²) in [6.45, 7) is 1.90. The van der Waals surface area contributed by atoms with E-state index in [-0.39, 0.29) is 24.2 Å². The van der Waals surface area contributed by atoms with Crippen molar-refractivity contribution >= 4 is 29.2 Å². The van der Waals surface area contributed by atoms with Gasteiger partial charge in [-0.15, -0.1) is 11.8 Å². The molecule has 0 aliphatic carbocycles. The number of anilines is 2. The lowest BCUT2D eigenvalue weighted by molar-refractivity contribution is -0.116. The van der Waals surface area contributed by atoms with Gasteiger partial charge in [-0.2, -0.15) is 10.1 Å². The summed E-state index contributed by atoms with van der Waals surface area (Å²) in [5.74, 6) is 1.70. The zero-order chi connectivity index (χ0) is 24.2. The number of methoxy groups -OCH3 is 2. The average molecular weight is 481 g/mol. The molecule has 34 heavy (non-hydrogen) atoms. The lowest BCUT2D eigenvalue weighted by atomic mass is 10.1. The van der Waals surface area contributed by atoms with Crippen LogP contribution >= 0.6 is 11.8 Å². The summed E-state index contributed by atoms with van der Waals surface area (Å²) in [6, 6.07) is 12.9. The fourth-order valence-electron chi connectivity index (χ4n) is 3.31. The maximum Gasteiger partial charge on any atom is 0.264 e. The van der Waals surface area contributed by atoms with E-state index in [1.54, 1.807) is 25.3 Å². The highest BCUT2D eigenvalue weighted by Gasteiger charge is 2.24. The molecule has 0 saturated heterocycles. The van der Waals surface area contributed by atoms with Gasteiger partial charge >= 0.3 is 0 Å². The summed E-state index contributed by atoms with van der Waals surface area (Å²) in [6.07, 6.45) is 1.86. The Morgan fingerprint density at radius 1 is 1.15 bits per heavy atom. The van der Waals surface area contributed by atoms with Crippen molar-refractivity contribution in [3.05, 3.63) is 48.0 Å². The minimum Gasteiger partial charge on any atom is -0.493 e. The molecule has 2 aromatic carbocycles. The summed E-state index contributed by atoms with van der Waals surface area (Å²) in [5, 5.41) is 11.9. The molecule has 10 nitrogen and oxygen atoms in total. The number of aromatic nitrogens is 4. The number of carbonyl (C=O) groups excluding carboxylic acids is 1. The van der Waals surface area contributed by atoms with Gasteiger partial charge in [0.05, 0.1) is 14.2 Å². The number of ether oxygens (including phenoxy) is 2. The number of carbonyl (C=O) groups is 1. The minimum atomic E-state index is -0.313. The molecule has 0 aliphatic heterocycles. The normalized spacial score (nSPS) is 10.8. The van der Waals surface area contributed by atoms with Gasteiger partial charge in [0, 0.05) is 17.3 Å². The van der Waals surface area contributed by atoms with Crippen LogP contribution in [-0.4, -0.2) is 46.3 Å². The summed E-state index contributed by atoms with van der Waals surface area (Å²) >= 11 is 1.37. The Hall–Kier alpha value is -3.99. The second kappa shape index (κ2) is 9.87. The van der Waals surface area contributed by atoms with Crippen LogP contribution in [0.5, 0.6) is 11.5 Å². The predicted octanol–water partition coefficient (Wildman–Crippen LogP) is 3.87. The molecule has 0 spiro atoms. The average Bonchev–Trinajstić information content (AvgIpc) is 3.44. The smallest absolute Gasteiger partial charge is 0.264 e. The number of nitrogens with zero attached hydrogens (tertiary/aromatic N) is 4. The summed E-state index contributed by atoms with van der Waals surface area (Å²) < 4.78 is 17.4. The molecule has 0 aliphatic rings. The Labute approximate surface area is 200 Å². The number of thioether (sulfide) groups is 1. The minimum absolute atomic E-state index is 0.104. The number of hydrogen-bond acceptors (Lipinski definition) is 9. The molecule has 176 valence electrons. The summed E-state index contributed by atoms with van der Waals surface area (Å²) in [4.78, 5) is 17.2. The molecule has 0 fully saturated rings. The topological polar surface area (TPSA) is 130 Å². The van der Waals surface area contributed by atoms with Crippen molar-refractivity contribution in [2.75, 3.05) is 31.5 Å². The van der Waals surface area contributed by atoms with E-state index in [0.717, 1.165) is 11.1 Å². The van der Waals surface area contributed by atoms with E-state index in [0.29, 0.717) is 33.6 Å². The molecule has 2 aromatic heterocycles. The maximum absolute atomic E-state index is 12.7. The Morgan fingerprint density at radius 3 is 2.56 bits per heavy atom. The molecule has 0 unspecified atom stereocenters. The molecule has 1 amide bonds. The Bertz CT molecular complexity index is 1320. The fourth-order valence-corrected chi connectivity index (χ4v) is 3.89. The van der Waals surface area contributed by atoms with Crippen molar-refractivity contribution in [1.82, 2.24) is 19.9 Å². The summed E-state index contributed by atoms with van der Waals surface area (Å²) in [5.41, 5.74) is 9.36. The zero-order valence-electron chi connectivity index (χ0n) is 19.2. The molecule has 3 N–H and O–H groups in total. The van der Waals surface area contributed by atoms with Crippen LogP contribution in [-0.2, 0) is 11.3 Å². The van der Waals surface area contributed by atoms with E-state index in [1.807, 2.05) is 37.4 Å². The van der Waals surface area contributed by atoms with E-state index in [9.17, 15) is 4.79 Å². The number of rotatable bonds is 8. The fraction of sp³-hybridized carbons (Fsp3) is 0.217. The number of nitrogens with one attached hydrogen (secondary N) is 1. The van der Waals surface area contributed by atoms with Crippen LogP contribution in [0.15, 0.2) is 52.0 Å². The molecule has 2 heterocycles. The zero-order valence-corrected chi connectivity index (χ0v) is 20.0. The molecule has 0 bridgehead atoms. The van der Waals surface area contributed by atoms with Crippen LogP contribution in [0, 0.1) is 6.92 Å². The van der Waals surface area contributed by atoms with Gasteiger partial charge < -0.3 is 25.0 Å². The maximum atomic E-state index is 12.7. The summed E-state index contributed by atoms with van der Waals surface area (Å²) in [7, 11) is 3.08. The first kappa shape index (κ1) is 23.2. The van der Waals surface area contributed by atoms with E-state index >= 15 is 0 Å². The van der Waals surface area contributed by atoms with Crippen LogP contribution in [0.1, 0.15) is 5.56 Å². The molecule has 0 atom stereocenters. The van der Waals surface area contributed by atoms with Gasteiger partial charge in [0.2, 0.25) is 11.7 Å². The van der Waals surface area contributed by atoms with Gasteiger partial charge in [-0.1, -0.05) is 35.0 Å². The monoisotopic (exact) mass is 480 g/mol. The third-order valence-electron chi connectivity index (χ3n) is 5.06. The third-order valence-corrected chi connectivity index (χ3v) is 5.74. The van der Waals surface area contributed by atoms with E-state index < -0.39 is 0 Å². The lowest BCUT2D eigenvalue weighted by Gasteiger charge is -2.11. The van der Waals surface area contributed by atoms with E-state index in [4.69, 9.17) is 19.7 Å². The molecule has 4 rings (SSSR count). The first-order valence-electron chi connectivity index (χ1n) is 10.3. The van der Waals surface area contributed by atoms with Gasteiger partial charge in [-0.05, 0) is 25.3 Å². The van der Waals surface area contributed by atoms with Gasteiger partial charge in [0.15, 0.2) is 11.5 Å². The molecule has 0 radical (unpaired) electrons. The quantitative estimate of drug-likeness (QED) is 0.361. The van der Waals surface area contributed by atoms with E-state index in [2.05, 4.69) is 20.6 Å². The van der Waals surface area contributed by atoms with Gasteiger partial charge in [-0.3, -0.25) is 4.79 Å². The van der Waals surface area contributed by atoms with Crippen LogP contribution in [0.4, 0.5) is 11.5 Å². The number of nitrogens with two attached hydrogens (primary N) is 1. The van der Waals surface area contributed by atoms with Crippen molar-refractivity contribution in [1.29, 1.82) is 0 Å².